The molecule has 1 rings (SSSR count). The Bertz CT molecular complexity index is 240. The summed E-state index contributed by atoms with van der Waals surface area (Å²) in [5.74, 6) is -0.970. The molecule has 15 heavy (non-hydrogen) atoms. The number of aliphatic hydroxyl groups is 1. The fourth-order valence-electron chi connectivity index (χ4n) is 1.96. The van der Waals surface area contributed by atoms with Gasteiger partial charge in [0.05, 0.1) is 6.10 Å². The number of carboxylic acids is 1. The van der Waals surface area contributed by atoms with Crippen molar-refractivity contribution in [2.24, 2.45) is 5.41 Å². The van der Waals surface area contributed by atoms with Gasteiger partial charge in [-0.15, -0.1) is 0 Å². The molecule has 0 spiro atoms. The van der Waals surface area contributed by atoms with Crippen molar-refractivity contribution >= 4 is 5.97 Å². The molecule has 0 amide bonds. The van der Waals surface area contributed by atoms with Crippen molar-refractivity contribution in [2.45, 2.75) is 45.1 Å². The van der Waals surface area contributed by atoms with Crippen LogP contribution in [0.1, 0.15) is 39.0 Å². The Balaban J connectivity index is 0.00000196. The standard InChI is InChI=1S/C11H18O3.K/c1-2-11(10(13)14)7-4-3-5-9(12)6-8-11;/h3,5,9,12H,2,4,6-8H2,1H3,(H,13,14);/q;+1/p-1/b5-3-;. The Labute approximate surface area is 133 Å². The van der Waals surface area contributed by atoms with Gasteiger partial charge in [0.15, 0.2) is 0 Å². The summed E-state index contributed by atoms with van der Waals surface area (Å²) in [7, 11) is 0. The molecule has 80 valence electrons. The summed E-state index contributed by atoms with van der Waals surface area (Å²) in [6.07, 6.45) is 6.03. The first kappa shape index (κ1) is 15.8. The molecule has 2 atom stereocenters. The van der Waals surface area contributed by atoms with Crippen LogP contribution in [0.5, 0.6) is 0 Å². The molecule has 2 unspecified atom stereocenters. The monoisotopic (exact) mass is 236 g/mol. The van der Waals surface area contributed by atoms with Crippen LogP contribution in [0.15, 0.2) is 12.2 Å². The zero-order valence-electron chi connectivity index (χ0n) is 9.53. The van der Waals surface area contributed by atoms with E-state index < -0.39 is 17.5 Å². The fraction of sp³-hybridized carbons (Fsp3) is 0.727. The molecule has 0 saturated carbocycles. The van der Waals surface area contributed by atoms with Crippen molar-refractivity contribution in [3.8, 4) is 0 Å². The van der Waals surface area contributed by atoms with Gasteiger partial charge < -0.3 is 15.0 Å². The van der Waals surface area contributed by atoms with Crippen LogP contribution in [-0.2, 0) is 4.79 Å². The normalized spacial score (nSPS) is 33.3. The van der Waals surface area contributed by atoms with Gasteiger partial charge in [0.2, 0.25) is 0 Å². The van der Waals surface area contributed by atoms with Gasteiger partial charge in [-0.05, 0) is 32.1 Å². The van der Waals surface area contributed by atoms with E-state index in [1.165, 1.54) is 0 Å². The SMILES string of the molecule is CCC1(C(=O)[O-])CC/C=C\C(O)CC1.[K+]. The molecule has 0 aromatic carbocycles. The van der Waals surface area contributed by atoms with E-state index in [1.54, 1.807) is 6.08 Å². The molecule has 0 aromatic heterocycles. The van der Waals surface area contributed by atoms with E-state index in [0.717, 1.165) is 0 Å². The number of rotatable bonds is 2. The summed E-state index contributed by atoms with van der Waals surface area (Å²) in [6, 6.07) is 0. The smallest absolute Gasteiger partial charge is 0.550 e. The molecule has 0 saturated heterocycles. The Morgan fingerprint density at radius 1 is 1.60 bits per heavy atom. The van der Waals surface area contributed by atoms with Gasteiger partial charge >= 0.3 is 51.4 Å². The number of hydrogen-bond acceptors (Lipinski definition) is 3. The predicted octanol–water partition coefficient (Wildman–Crippen LogP) is -2.37. The summed E-state index contributed by atoms with van der Waals surface area (Å²) >= 11 is 0. The minimum absolute atomic E-state index is 0. The maximum Gasteiger partial charge on any atom is 1.00 e. The number of carbonyl (C=O) groups is 1. The molecule has 1 N–H and O–H groups in total. The van der Waals surface area contributed by atoms with E-state index in [2.05, 4.69) is 0 Å². The van der Waals surface area contributed by atoms with Gasteiger partial charge in [0.1, 0.15) is 0 Å². The average molecular weight is 236 g/mol. The molecular formula is C11H17KO3. The predicted molar refractivity (Wildman–Crippen MR) is 51.3 cm³/mol. The molecule has 0 radical (unpaired) electrons. The molecule has 3 nitrogen and oxygen atoms in total. The van der Waals surface area contributed by atoms with Crippen LogP contribution >= 0.6 is 0 Å². The second kappa shape index (κ2) is 7.19. The zero-order valence-corrected chi connectivity index (χ0v) is 12.7. The van der Waals surface area contributed by atoms with Gasteiger partial charge in [0, 0.05) is 11.4 Å². The van der Waals surface area contributed by atoms with Crippen LogP contribution in [0.4, 0.5) is 0 Å². The largest absolute Gasteiger partial charge is 1.00 e. The molecule has 0 fully saturated rings. The van der Waals surface area contributed by atoms with Crippen LogP contribution in [-0.4, -0.2) is 17.2 Å². The van der Waals surface area contributed by atoms with Crippen molar-refractivity contribution in [3.05, 3.63) is 12.2 Å². The van der Waals surface area contributed by atoms with Crippen LogP contribution in [0.2, 0.25) is 0 Å². The number of aliphatic hydroxyl groups excluding tert-OH is 1. The van der Waals surface area contributed by atoms with E-state index in [1.807, 2.05) is 13.0 Å². The van der Waals surface area contributed by atoms with Gasteiger partial charge in [-0.2, -0.15) is 0 Å². The third-order valence-corrected chi connectivity index (χ3v) is 3.18. The molecular weight excluding hydrogens is 219 g/mol. The Morgan fingerprint density at radius 2 is 2.27 bits per heavy atom. The first-order valence-electron chi connectivity index (χ1n) is 5.17. The topological polar surface area (TPSA) is 60.4 Å². The Hall–Kier alpha value is 0.806. The number of allylic oxidation sites excluding steroid dienone is 1. The van der Waals surface area contributed by atoms with E-state index in [-0.39, 0.29) is 51.4 Å². The van der Waals surface area contributed by atoms with Crippen molar-refractivity contribution < 1.29 is 66.4 Å². The molecule has 0 aliphatic heterocycles. The van der Waals surface area contributed by atoms with Crippen molar-refractivity contribution in [1.29, 1.82) is 0 Å². The Kier molecular flexibility index (Phi) is 7.58. The minimum atomic E-state index is -0.970. The van der Waals surface area contributed by atoms with Crippen LogP contribution < -0.4 is 56.5 Å². The molecule has 1 aliphatic rings. The van der Waals surface area contributed by atoms with Crippen LogP contribution in [0.3, 0.4) is 0 Å². The summed E-state index contributed by atoms with van der Waals surface area (Å²) in [5, 5.41) is 20.5. The fourth-order valence-corrected chi connectivity index (χ4v) is 1.96. The summed E-state index contributed by atoms with van der Waals surface area (Å²) < 4.78 is 0. The molecule has 0 heterocycles. The van der Waals surface area contributed by atoms with Crippen molar-refractivity contribution in [1.82, 2.24) is 0 Å². The van der Waals surface area contributed by atoms with Crippen molar-refractivity contribution in [3.63, 3.8) is 0 Å². The maximum atomic E-state index is 11.1. The number of aliphatic carboxylic acids is 1. The second-order valence-electron chi connectivity index (χ2n) is 3.99. The van der Waals surface area contributed by atoms with E-state index in [9.17, 15) is 15.0 Å². The minimum Gasteiger partial charge on any atom is -0.550 e. The van der Waals surface area contributed by atoms with E-state index in [0.29, 0.717) is 32.1 Å². The second-order valence-corrected chi connectivity index (χ2v) is 3.99. The van der Waals surface area contributed by atoms with Crippen molar-refractivity contribution in [2.75, 3.05) is 0 Å². The molecule has 0 aromatic rings. The third kappa shape index (κ3) is 4.28. The number of carbonyl (C=O) groups excluding carboxylic acids is 1. The number of carboxylic acid groups (broad SMARTS) is 1. The summed E-state index contributed by atoms with van der Waals surface area (Å²) in [6.45, 7) is 1.87. The maximum absolute atomic E-state index is 11.1. The molecule has 4 heteroatoms. The zero-order chi connectivity index (χ0) is 10.6. The molecule has 1 aliphatic carbocycles. The quantitative estimate of drug-likeness (QED) is 0.430. The van der Waals surface area contributed by atoms with Gasteiger partial charge in [-0.1, -0.05) is 19.1 Å². The van der Waals surface area contributed by atoms with Crippen LogP contribution in [0.25, 0.3) is 0 Å². The average Bonchev–Trinajstić information content (AvgIpc) is 2.13. The Morgan fingerprint density at radius 3 is 2.80 bits per heavy atom. The number of hydrogen-bond donors (Lipinski definition) is 1. The van der Waals surface area contributed by atoms with Crippen LogP contribution in [0, 0.1) is 5.41 Å². The van der Waals surface area contributed by atoms with Gasteiger partial charge in [0.25, 0.3) is 0 Å². The third-order valence-electron chi connectivity index (χ3n) is 3.18. The molecule has 0 bridgehead atoms. The van der Waals surface area contributed by atoms with E-state index in [4.69, 9.17) is 0 Å². The van der Waals surface area contributed by atoms with E-state index >= 15 is 0 Å². The van der Waals surface area contributed by atoms with Gasteiger partial charge in [-0.3, -0.25) is 0 Å². The summed E-state index contributed by atoms with van der Waals surface area (Å²) in [5.41, 5.74) is -0.730. The first-order valence-corrected chi connectivity index (χ1v) is 5.17. The first-order chi connectivity index (χ1) is 6.60. The van der Waals surface area contributed by atoms with Gasteiger partial charge in [-0.25, -0.2) is 0 Å². The summed E-state index contributed by atoms with van der Waals surface area (Å²) in [4.78, 5) is 11.1.